The number of nitrogens with one attached hydrogen (secondary N) is 1. The number of carbonyl (C=O) groups excluding carboxylic acids is 1. The third-order valence-corrected chi connectivity index (χ3v) is 4.61. The van der Waals surface area contributed by atoms with Gasteiger partial charge in [0.2, 0.25) is 6.10 Å². The summed E-state index contributed by atoms with van der Waals surface area (Å²) in [6.45, 7) is 5.60. The fraction of sp³-hybridized carbons (Fsp3) is 0.500. The summed E-state index contributed by atoms with van der Waals surface area (Å²) in [6, 6.07) is 6.86. The number of hydrogen-bond donors (Lipinski definition) is 1. The lowest BCUT2D eigenvalue weighted by molar-refractivity contribution is -0.149. The van der Waals surface area contributed by atoms with Crippen LogP contribution in [0.1, 0.15) is 32.4 Å². The number of para-hydroxylation sites is 1. The minimum Gasteiger partial charge on any atom is -0.598 e. The highest BCUT2D eigenvalue weighted by Crippen LogP contribution is 2.38. The van der Waals surface area contributed by atoms with Crippen molar-refractivity contribution >= 4 is 17.3 Å². The molecule has 6 heteroatoms. The monoisotopic (exact) mass is 297 g/mol. The van der Waals surface area contributed by atoms with Crippen molar-refractivity contribution in [1.29, 1.82) is 0 Å². The average Bonchev–Trinajstić information content (AvgIpc) is 2.76. The maximum Gasteiger partial charge on any atom is 0.349 e. The van der Waals surface area contributed by atoms with Gasteiger partial charge >= 0.3 is 5.97 Å². The molecule has 0 aromatic heterocycles. The number of carbonyl (C=O) groups is 1. The van der Waals surface area contributed by atoms with Crippen LogP contribution in [0.2, 0.25) is 0 Å². The summed E-state index contributed by atoms with van der Waals surface area (Å²) < 4.78 is 25.2. The zero-order valence-electron chi connectivity index (χ0n) is 12.0. The molecule has 0 fully saturated rings. The van der Waals surface area contributed by atoms with Gasteiger partial charge in [-0.25, -0.2) is 4.79 Å². The second-order valence-electron chi connectivity index (χ2n) is 5.58. The summed E-state index contributed by atoms with van der Waals surface area (Å²) in [5.41, 5.74) is 0.820. The van der Waals surface area contributed by atoms with E-state index in [4.69, 9.17) is 9.47 Å². The molecule has 2 rings (SSSR count). The fourth-order valence-electron chi connectivity index (χ4n) is 1.93. The van der Waals surface area contributed by atoms with Gasteiger partial charge in [-0.2, -0.15) is 0 Å². The molecule has 0 saturated heterocycles. The molecule has 0 radical (unpaired) electrons. The van der Waals surface area contributed by atoms with Gasteiger partial charge in [0.05, 0.1) is 7.11 Å². The van der Waals surface area contributed by atoms with E-state index in [2.05, 4.69) is 4.72 Å². The number of esters is 1. The molecule has 0 saturated carbocycles. The van der Waals surface area contributed by atoms with Crippen LogP contribution in [-0.4, -0.2) is 28.5 Å². The highest BCUT2D eigenvalue weighted by Gasteiger charge is 2.44. The van der Waals surface area contributed by atoms with Gasteiger partial charge in [-0.15, -0.1) is 4.72 Å². The number of rotatable bonds is 3. The number of benzene rings is 1. The molecule has 1 aliphatic heterocycles. The molecule has 0 bridgehead atoms. The van der Waals surface area contributed by atoms with Gasteiger partial charge in [0, 0.05) is 16.9 Å². The molecule has 3 atom stereocenters. The van der Waals surface area contributed by atoms with Crippen molar-refractivity contribution in [3.8, 4) is 5.75 Å². The molecule has 20 heavy (non-hydrogen) atoms. The molecule has 0 amide bonds. The first kappa shape index (κ1) is 15.2. The first-order valence-electron chi connectivity index (χ1n) is 6.36. The Labute approximate surface area is 122 Å². The lowest BCUT2D eigenvalue weighted by Gasteiger charge is -2.27. The van der Waals surface area contributed by atoms with E-state index in [9.17, 15) is 9.35 Å². The van der Waals surface area contributed by atoms with Crippen molar-refractivity contribution in [2.24, 2.45) is 0 Å². The van der Waals surface area contributed by atoms with Gasteiger partial charge in [-0.1, -0.05) is 18.2 Å². The SMILES string of the molecule is COC(=O)[C@@H]1Oc2ccccc2[C@@H]1N[S+]([O-])C(C)(C)C. The Morgan fingerprint density at radius 3 is 2.65 bits per heavy atom. The molecule has 1 aromatic rings. The first-order chi connectivity index (χ1) is 9.34. The maximum atomic E-state index is 12.3. The quantitative estimate of drug-likeness (QED) is 0.679. The van der Waals surface area contributed by atoms with Crippen LogP contribution >= 0.6 is 0 Å². The predicted octanol–water partition coefficient (Wildman–Crippen LogP) is 1.71. The van der Waals surface area contributed by atoms with E-state index in [0.29, 0.717) is 5.75 Å². The largest absolute Gasteiger partial charge is 0.598 e. The number of hydrogen-bond acceptors (Lipinski definition) is 5. The van der Waals surface area contributed by atoms with E-state index in [1.165, 1.54) is 7.11 Å². The van der Waals surface area contributed by atoms with E-state index in [1.54, 1.807) is 6.07 Å². The lowest BCUT2D eigenvalue weighted by atomic mass is 10.1. The molecular weight excluding hydrogens is 278 g/mol. The third-order valence-electron chi connectivity index (χ3n) is 3.03. The highest BCUT2D eigenvalue weighted by molar-refractivity contribution is 7.90. The second kappa shape index (κ2) is 5.63. The average molecular weight is 297 g/mol. The molecule has 1 aromatic carbocycles. The molecule has 1 heterocycles. The summed E-state index contributed by atoms with van der Waals surface area (Å²) >= 11 is -1.31. The maximum absolute atomic E-state index is 12.3. The van der Waals surface area contributed by atoms with Crippen LogP contribution in [-0.2, 0) is 20.9 Å². The summed E-state index contributed by atoms with van der Waals surface area (Å²) in [7, 11) is 1.31. The minimum absolute atomic E-state index is 0.432. The van der Waals surface area contributed by atoms with Gasteiger partial charge in [-0.05, 0) is 26.8 Å². The molecule has 1 N–H and O–H groups in total. The Balaban J connectivity index is 2.27. The summed E-state index contributed by atoms with van der Waals surface area (Å²) in [6.07, 6.45) is -0.816. The van der Waals surface area contributed by atoms with Crippen LogP contribution < -0.4 is 9.46 Å². The third kappa shape index (κ3) is 2.92. The van der Waals surface area contributed by atoms with Gasteiger partial charge in [-0.3, -0.25) is 0 Å². The van der Waals surface area contributed by atoms with Crippen molar-refractivity contribution in [3.05, 3.63) is 29.8 Å². The molecule has 110 valence electrons. The van der Waals surface area contributed by atoms with Crippen molar-refractivity contribution in [1.82, 2.24) is 4.72 Å². The smallest absolute Gasteiger partial charge is 0.349 e. The predicted molar refractivity (Wildman–Crippen MR) is 76.6 cm³/mol. The zero-order chi connectivity index (χ0) is 14.9. The number of methoxy groups -OCH3 is 1. The Kier molecular flexibility index (Phi) is 4.27. The Bertz CT molecular complexity index is 500. The summed E-state index contributed by atoms with van der Waals surface area (Å²) in [5.74, 6) is 0.135. The van der Waals surface area contributed by atoms with Gasteiger partial charge in [0.15, 0.2) is 0 Å². The summed E-state index contributed by atoms with van der Waals surface area (Å²) in [5, 5.41) is 0. The Morgan fingerprint density at radius 2 is 2.05 bits per heavy atom. The van der Waals surface area contributed by atoms with E-state index in [-0.39, 0.29) is 0 Å². The van der Waals surface area contributed by atoms with Crippen LogP contribution in [0.25, 0.3) is 0 Å². The number of ether oxygens (including phenoxy) is 2. The van der Waals surface area contributed by atoms with Gasteiger partial charge < -0.3 is 14.0 Å². The van der Waals surface area contributed by atoms with Crippen molar-refractivity contribution in [2.45, 2.75) is 37.7 Å². The number of fused-ring (bicyclic) bond motifs is 1. The van der Waals surface area contributed by atoms with Crippen molar-refractivity contribution in [2.75, 3.05) is 7.11 Å². The zero-order valence-corrected chi connectivity index (χ0v) is 12.8. The normalized spacial score (nSPS) is 22.9. The van der Waals surface area contributed by atoms with E-state index < -0.39 is 34.2 Å². The topological polar surface area (TPSA) is 70.6 Å². The molecular formula is C14H19NO4S. The molecule has 0 spiro atoms. The molecule has 1 aliphatic rings. The standard InChI is InChI=1S/C14H19NO4S/c1-14(2,3)20(17)15-11-9-7-5-6-8-10(9)19-12(11)13(16)18-4/h5-8,11-12,15H,1-4H3/t11-,12+,20?/m0/s1. The minimum atomic E-state index is -1.31. The van der Waals surface area contributed by atoms with Crippen LogP contribution in [0.3, 0.4) is 0 Å². The summed E-state index contributed by atoms with van der Waals surface area (Å²) in [4.78, 5) is 11.8. The second-order valence-corrected chi connectivity index (χ2v) is 7.57. The highest BCUT2D eigenvalue weighted by atomic mass is 32.2. The van der Waals surface area contributed by atoms with E-state index in [1.807, 2.05) is 39.0 Å². The molecule has 5 nitrogen and oxygen atoms in total. The Hall–Kier alpha value is -1.24. The van der Waals surface area contributed by atoms with Crippen LogP contribution in [0.15, 0.2) is 24.3 Å². The molecule has 0 aliphatic carbocycles. The van der Waals surface area contributed by atoms with Crippen LogP contribution in [0, 0.1) is 0 Å². The molecule has 1 unspecified atom stereocenters. The van der Waals surface area contributed by atoms with Crippen molar-refractivity contribution < 1.29 is 18.8 Å². The van der Waals surface area contributed by atoms with Gasteiger partial charge in [0.1, 0.15) is 16.5 Å². The van der Waals surface area contributed by atoms with Gasteiger partial charge in [0.25, 0.3) is 0 Å². The lowest BCUT2D eigenvalue weighted by Crippen LogP contribution is -2.46. The van der Waals surface area contributed by atoms with Crippen LogP contribution in [0.4, 0.5) is 0 Å². The van der Waals surface area contributed by atoms with E-state index in [0.717, 1.165) is 5.56 Å². The fourth-order valence-corrected chi connectivity index (χ4v) is 2.77. The van der Waals surface area contributed by atoms with E-state index >= 15 is 0 Å². The van der Waals surface area contributed by atoms with Crippen LogP contribution in [0.5, 0.6) is 5.75 Å². The Morgan fingerprint density at radius 1 is 1.40 bits per heavy atom. The first-order valence-corrected chi connectivity index (χ1v) is 7.51. The van der Waals surface area contributed by atoms with Crippen molar-refractivity contribution in [3.63, 3.8) is 0 Å².